The maximum Gasteiger partial charge on any atom is 0.244 e. The Morgan fingerprint density at radius 2 is 1.90 bits per heavy atom. The van der Waals surface area contributed by atoms with Crippen LogP contribution in [0.3, 0.4) is 0 Å². The van der Waals surface area contributed by atoms with E-state index in [1.54, 1.807) is 6.07 Å². The molecule has 2 amide bonds. The molecule has 1 saturated heterocycles. The number of morpholine rings is 1. The van der Waals surface area contributed by atoms with Crippen molar-refractivity contribution in [1.82, 2.24) is 9.80 Å². The number of aryl methyl sites for hydroxylation is 1. The van der Waals surface area contributed by atoms with Crippen LogP contribution in [0.2, 0.25) is 5.02 Å². The number of nitrogens with one attached hydrogen (secondary N) is 1. The SMILES string of the molecule is Cc1ccc(NC(=O)CN2CCc3ccccc3C2C(=O)N2CCOCC2)cc1Cl. The molecule has 1 N–H and O–H groups in total. The van der Waals surface area contributed by atoms with E-state index in [1.165, 1.54) is 5.56 Å². The number of anilines is 1. The number of carbonyl (C=O) groups is 2. The van der Waals surface area contributed by atoms with Crippen LogP contribution >= 0.6 is 11.6 Å². The Balaban J connectivity index is 1.53. The molecule has 4 rings (SSSR count). The summed E-state index contributed by atoms with van der Waals surface area (Å²) in [5.74, 6) is -0.120. The summed E-state index contributed by atoms with van der Waals surface area (Å²) in [7, 11) is 0. The van der Waals surface area contributed by atoms with Gasteiger partial charge in [0.25, 0.3) is 0 Å². The molecule has 0 aromatic heterocycles. The van der Waals surface area contributed by atoms with Crippen LogP contribution < -0.4 is 5.32 Å². The zero-order chi connectivity index (χ0) is 21.1. The largest absolute Gasteiger partial charge is 0.378 e. The molecule has 2 aromatic carbocycles. The molecule has 7 heteroatoms. The molecule has 0 bridgehead atoms. The van der Waals surface area contributed by atoms with Gasteiger partial charge in [0.1, 0.15) is 6.04 Å². The third kappa shape index (κ3) is 4.51. The fourth-order valence-electron chi connectivity index (χ4n) is 4.09. The Bertz CT molecular complexity index is 943. The molecule has 2 heterocycles. The molecule has 2 aliphatic heterocycles. The van der Waals surface area contributed by atoms with Crippen molar-refractivity contribution < 1.29 is 14.3 Å². The van der Waals surface area contributed by atoms with Crippen molar-refractivity contribution in [2.45, 2.75) is 19.4 Å². The van der Waals surface area contributed by atoms with Crippen LogP contribution in [0.15, 0.2) is 42.5 Å². The van der Waals surface area contributed by atoms with Crippen molar-refractivity contribution in [1.29, 1.82) is 0 Å². The quantitative estimate of drug-likeness (QED) is 0.814. The van der Waals surface area contributed by atoms with Crippen LogP contribution in [0.25, 0.3) is 0 Å². The summed E-state index contributed by atoms with van der Waals surface area (Å²) < 4.78 is 5.40. The smallest absolute Gasteiger partial charge is 0.244 e. The second-order valence-corrected chi connectivity index (χ2v) is 8.18. The molecular weight excluding hydrogens is 402 g/mol. The van der Waals surface area contributed by atoms with E-state index >= 15 is 0 Å². The first-order valence-electron chi connectivity index (χ1n) is 10.3. The first kappa shape index (κ1) is 20.8. The lowest BCUT2D eigenvalue weighted by Gasteiger charge is -2.39. The average molecular weight is 428 g/mol. The zero-order valence-corrected chi connectivity index (χ0v) is 17.8. The molecule has 0 aliphatic carbocycles. The Morgan fingerprint density at radius 3 is 2.67 bits per heavy atom. The minimum absolute atomic E-state index is 0.0385. The van der Waals surface area contributed by atoms with E-state index in [9.17, 15) is 9.59 Å². The molecule has 2 aromatic rings. The van der Waals surface area contributed by atoms with Crippen LogP contribution in [0.5, 0.6) is 0 Å². The van der Waals surface area contributed by atoms with E-state index in [-0.39, 0.29) is 18.4 Å². The predicted molar refractivity (Wildman–Crippen MR) is 117 cm³/mol. The number of benzene rings is 2. The van der Waals surface area contributed by atoms with Gasteiger partial charge in [-0.05, 0) is 42.2 Å². The van der Waals surface area contributed by atoms with Gasteiger partial charge < -0.3 is 15.0 Å². The topological polar surface area (TPSA) is 61.9 Å². The van der Waals surface area contributed by atoms with Crippen molar-refractivity contribution >= 4 is 29.1 Å². The fourth-order valence-corrected chi connectivity index (χ4v) is 4.27. The molecule has 30 heavy (non-hydrogen) atoms. The van der Waals surface area contributed by atoms with Gasteiger partial charge in [-0.25, -0.2) is 0 Å². The highest BCUT2D eigenvalue weighted by Crippen LogP contribution is 2.31. The van der Waals surface area contributed by atoms with Crippen LogP contribution in [0.1, 0.15) is 22.7 Å². The van der Waals surface area contributed by atoms with Crippen LogP contribution in [-0.4, -0.2) is 61.0 Å². The summed E-state index contributed by atoms with van der Waals surface area (Å²) >= 11 is 6.17. The van der Waals surface area contributed by atoms with E-state index in [0.717, 1.165) is 17.5 Å². The van der Waals surface area contributed by atoms with Gasteiger partial charge in [0.15, 0.2) is 0 Å². The fraction of sp³-hybridized carbons (Fsp3) is 0.391. The molecular formula is C23H26ClN3O3. The van der Waals surface area contributed by atoms with Crippen molar-refractivity contribution in [3.8, 4) is 0 Å². The molecule has 2 aliphatic rings. The number of rotatable bonds is 4. The Labute approximate surface area is 181 Å². The Hall–Kier alpha value is -2.41. The maximum absolute atomic E-state index is 13.4. The molecule has 158 valence electrons. The monoisotopic (exact) mass is 427 g/mol. The molecule has 1 fully saturated rings. The lowest BCUT2D eigenvalue weighted by atomic mass is 9.91. The number of hydrogen-bond donors (Lipinski definition) is 1. The molecule has 1 atom stereocenters. The predicted octanol–water partition coefficient (Wildman–Crippen LogP) is 3.05. The number of carbonyl (C=O) groups excluding carboxylic acids is 2. The second kappa shape index (κ2) is 9.16. The minimum atomic E-state index is -0.458. The second-order valence-electron chi connectivity index (χ2n) is 7.77. The summed E-state index contributed by atoms with van der Waals surface area (Å²) in [4.78, 5) is 30.0. The Morgan fingerprint density at radius 1 is 1.13 bits per heavy atom. The summed E-state index contributed by atoms with van der Waals surface area (Å²) in [6, 6.07) is 13.0. The van der Waals surface area contributed by atoms with Crippen molar-refractivity contribution in [3.05, 3.63) is 64.2 Å². The molecule has 0 saturated carbocycles. The summed E-state index contributed by atoms with van der Waals surface area (Å²) in [6.45, 7) is 4.98. The number of ether oxygens (including phenoxy) is 1. The average Bonchev–Trinajstić information content (AvgIpc) is 2.76. The van der Waals surface area contributed by atoms with Crippen LogP contribution in [0.4, 0.5) is 5.69 Å². The van der Waals surface area contributed by atoms with Gasteiger partial charge >= 0.3 is 0 Å². The summed E-state index contributed by atoms with van der Waals surface area (Å²) in [5.41, 5.74) is 3.78. The first-order chi connectivity index (χ1) is 14.5. The number of fused-ring (bicyclic) bond motifs is 1. The third-order valence-electron chi connectivity index (χ3n) is 5.74. The summed E-state index contributed by atoms with van der Waals surface area (Å²) in [6.07, 6.45) is 0.812. The molecule has 6 nitrogen and oxygen atoms in total. The first-order valence-corrected chi connectivity index (χ1v) is 10.6. The van der Waals surface area contributed by atoms with Gasteiger partial charge in [0.2, 0.25) is 11.8 Å². The van der Waals surface area contributed by atoms with Gasteiger partial charge in [0.05, 0.1) is 19.8 Å². The lowest BCUT2D eigenvalue weighted by Crippen LogP contribution is -2.51. The highest BCUT2D eigenvalue weighted by atomic mass is 35.5. The van der Waals surface area contributed by atoms with Gasteiger partial charge in [0, 0.05) is 30.3 Å². The van der Waals surface area contributed by atoms with E-state index < -0.39 is 6.04 Å². The van der Waals surface area contributed by atoms with Crippen LogP contribution in [0, 0.1) is 6.92 Å². The highest BCUT2D eigenvalue weighted by molar-refractivity contribution is 6.31. The van der Waals surface area contributed by atoms with Gasteiger partial charge in [-0.1, -0.05) is 41.9 Å². The summed E-state index contributed by atoms with van der Waals surface area (Å²) in [5, 5.41) is 3.52. The third-order valence-corrected chi connectivity index (χ3v) is 6.15. The van der Waals surface area contributed by atoms with Crippen molar-refractivity contribution in [2.24, 2.45) is 0 Å². The highest BCUT2D eigenvalue weighted by Gasteiger charge is 2.36. The van der Waals surface area contributed by atoms with E-state index in [2.05, 4.69) is 11.4 Å². The number of hydrogen-bond acceptors (Lipinski definition) is 4. The molecule has 0 radical (unpaired) electrons. The number of nitrogens with zero attached hydrogens (tertiary/aromatic N) is 2. The van der Waals surface area contributed by atoms with E-state index in [4.69, 9.17) is 16.3 Å². The number of halogens is 1. The van der Waals surface area contributed by atoms with Crippen molar-refractivity contribution in [2.75, 3.05) is 44.7 Å². The van der Waals surface area contributed by atoms with E-state index in [1.807, 2.05) is 47.1 Å². The minimum Gasteiger partial charge on any atom is -0.378 e. The maximum atomic E-state index is 13.4. The Kier molecular flexibility index (Phi) is 6.37. The molecule has 1 unspecified atom stereocenters. The standard InChI is InChI=1S/C23H26ClN3O3/c1-16-6-7-18(14-20(16)24)25-21(28)15-27-9-8-17-4-2-3-5-19(17)22(27)23(29)26-10-12-30-13-11-26/h2-7,14,22H,8-13,15H2,1H3,(H,25,28). The van der Waals surface area contributed by atoms with Gasteiger partial charge in [-0.2, -0.15) is 0 Å². The number of amides is 2. The normalized spacial score (nSPS) is 19.3. The molecule has 0 spiro atoms. The van der Waals surface area contributed by atoms with Gasteiger partial charge in [-0.15, -0.1) is 0 Å². The van der Waals surface area contributed by atoms with Crippen molar-refractivity contribution in [3.63, 3.8) is 0 Å². The van der Waals surface area contributed by atoms with E-state index in [0.29, 0.717) is 43.6 Å². The lowest BCUT2D eigenvalue weighted by molar-refractivity contribution is -0.142. The van der Waals surface area contributed by atoms with Crippen LogP contribution in [-0.2, 0) is 20.7 Å². The van der Waals surface area contributed by atoms with Gasteiger partial charge in [-0.3, -0.25) is 14.5 Å². The zero-order valence-electron chi connectivity index (χ0n) is 17.1.